The van der Waals surface area contributed by atoms with Gasteiger partial charge in [-0.1, -0.05) is 11.6 Å². The third kappa shape index (κ3) is 4.23. The normalized spacial score (nSPS) is 11.8. The topological polar surface area (TPSA) is 116 Å². The summed E-state index contributed by atoms with van der Waals surface area (Å²) in [6.07, 6.45) is 1.38. The van der Waals surface area contributed by atoms with Crippen LogP contribution in [0.3, 0.4) is 0 Å². The number of nitrogens with two attached hydrogens (primary N) is 1. The van der Waals surface area contributed by atoms with E-state index in [0.717, 1.165) is 4.68 Å². The quantitative estimate of drug-likeness (QED) is 0.700. The van der Waals surface area contributed by atoms with E-state index in [1.807, 2.05) is 0 Å². The van der Waals surface area contributed by atoms with E-state index in [1.165, 1.54) is 13.3 Å². The summed E-state index contributed by atoms with van der Waals surface area (Å²) >= 11 is 5.90. The first-order valence-electron chi connectivity index (χ1n) is 5.72. The Balaban J connectivity index is 2.91. The van der Waals surface area contributed by atoms with Gasteiger partial charge in [0, 0.05) is 12.5 Å². The summed E-state index contributed by atoms with van der Waals surface area (Å²) in [5, 5.41) is 6.53. The molecule has 0 fully saturated rings. The average Bonchev–Trinajstić information content (AvgIpc) is 2.37. The molecule has 9 heteroatoms. The van der Waals surface area contributed by atoms with Crippen molar-refractivity contribution in [3.63, 3.8) is 0 Å². The zero-order valence-corrected chi connectivity index (χ0v) is 11.8. The number of nitrogens with zero attached hydrogens (tertiary/aromatic N) is 2. The van der Waals surface area contributed by atoms with Crippen molar-refractivity contribution in [3.05, 3.63) is 21.6 Å². The van der Waals surface area contributed by atoms with Crippen molar-refractivity contribution in [1.82, 2.24) is 9.78 Å². The molecular weight excluding hydrogens is 288 g/mol. The maximum Gasteiger partial charge on any atom is 0.327 e. The number of hydrogen-bond donors (Lipinski definition) is 2. The Bertz CT molecular complexity index is 572. The van der Waals surface area contributed by atoms with Crippen LogP contribution in [-0.2, 0) is 20.9 Å². The van der Waals surface area contributed by atoms with E-state index in [-0.39, 0.29) is 29.7 Å². The molecule has 0 saturated heterocycles. The standard InChI is InChI=1S/C11H15ClN4O4/c1-6(3-8(13)17)15-7-4-14-16(5-9(18)20-2)11(19)10(7)12/h4,6,15H,3,5H2,1-2H3,(H2,13,17). The number of carbonyl (C=O) groups is 2. The molecule has 1 atom stereocenters. The Morgan fingerprint density at radius 3 is 2.80 bits per heavy atom. The molecule has 0 aliphatic rings. The van der Waals surface area contributed by atoms with Gasteiger partial charge in [0.1, 0.15) is 11.6 Å². The van der Waals surface area contributed by atoms with Gasteiger partial charge in [-0.25, -0.2) is 4.68 Å². The van der Waals surface area contributed by atoms with Crippen molar-refractivity contribution in [2.75, 3.05) is 12.4 Å². The van der Waals surface area contributed by atoms with Crippen LogP contribution in [0.4, 0.5) is 5.69 Å². The second kappa shape index (κ2) is 6.90. The summed E-state index contributed by atoms with van der Waals surface area (Å²) < 4.78 is 5.33. The van der Waals surface area contributed by atoms with Gasteiger partial charge in [-0.3, -0.25) is 14.4 Å². The lowest BCUT2D eigenvalue weighted by Gasteiger charge is -2.14. The maximum absolute atomic E-state index is 11.9. The number of esters is 1. The molecule has 0 aliphatic heterocycles. The number of hydrogen-bond acceptors (Lipinski definition) is 6. The summed E-state index contributed by atoms with van der Waals surface area (Å²) in [7, 11) is 1.20. The second-order valence-electron chi connectivity index (χ2n) is 4.13. The number of anilines is 1. The van der Waals surface area contributed by atoms with E-state index in [1.54, 1.807) is 6.92 Å². The second-order valence-corrected chi connectivity index (χ2v) is 4.50. The number of aromatic nitrogens is 2. The zero-order valence-electron chi connectivity index (χ0n) is 11.1. The number of halogens is 1. The van der Waals surface area contributed by atoms with Gasteiger partial charge in [0.05, 0.1) is 19.0 Å². The van der Waals surface area contributed by atoms with Crippen LogP contribution in [0.5, 0.6) is 0 Å². The molecule has 0 spiro atoms. The van der Waals surface area contributed by atoms with Gasteiger partial charge >= 0.3 is 5.97 Å². The van der Waals surface area contributed by atoms with Gasteiger partial charge in [-0.05, 0) is 6.92 Å². The maximum atomic E-state index is 11.9. The molecule has 0 saturated carbocycles. The molecule has 110 valence electrons. The number of methoxy groups -OCH3 is 1. The molecule has 0 aliphatic carbocycles. The SMILES string of the molecule is COC(=O)Cn1ncc(NC(C)CC(N)=O)c(Cl)c1=O. The molecule has 8 nitrogen and oxygen atoms in total. The van der Waals surface area contributed by atoms with Crippen LogP contribution in [0.1, 0.15) is 13.3 Å². The predicted molar refractivity (Wildman–Crippen MR) is 72.4 cm³/mol. The van der Waals surface area contributed by atoms with Crippen LogP contribution in [0.2, 0.25) is 5.02 Å². The van der Waals surface area contributed by atoms with Crippen LogP contribution in [0, 0.1) is 0 Å². The monoisotopic (exact) mass is 302 g/mol. The van der Waals surface area contributed by atoms with Crippen LogP contribution in [-0.4, -0.2) is 34.8 Å². The Hall–Kier alpha value is -2.09. The minimum absolute atomic E-state index is 0.0849. The van der Waals surface area contributed by atoms with Gasteiger partial charge in [-0.2, -0.15) is 5.10 Å². The third-order valence-electron chi connectivity index (χ3n) is 2.40. The first-order valence-corrected chi connectivity index (χ1v) is 6.10. The summed E-state index contributed by atoms with van der Waals surface area (Å²) in [6, 6.07) is -0.303. The van der Waals surface area contributed by atoms with E-state index in [0.29, 0.717) is 0 Å². The van der Waals surface area contributed by atoms with E-state index in [4.69, 9.17) is 17.3 Å². The van der Waals surface area contributed by atoms with Crippen LogP contribution >= 0.6 is 11.6 Å². The van der Waals surface area contributed by atoms with Crippen molar-refractivity contribution >= 4 is 29.2 Å². The van der Waals surface area contributed by atoms with Crippen LogP contribution in [0.25, 0.3) is 0 Å². The molecule has 1 aromatic rings. The first-order chi connectivity index (χ1) is 9.35. The molecule has 0 radical (unpaired) electrons. The minimum atomic E-state index is -0.631. The van der Waals surface area contributed by atoms with E-state index >= 15 is 0 Å². The molecule has 1 aromatic heterocycles. The van der Waals surface area contributed by atoms with E-state index in [9.17, 15) is 14.4 Å². The lowest BCUT2D eigenvalue weighted by molar-refractivity contribution is -0.141. The fourth-order valence-corrected chi connectivity index (χ4v) is 1.68. The van der Waals surface area contributed by atoms with Gasteiger partial charge in [-0.15, -0.1) is 0 Å². The number of amides is 1. The number of nitrogens with one attached hydrogen (secondary N) is 1. The summed E-state index contributed by atoms with van der Waals surface area (Å²) in [6.45, 7) is 1.38. The van der Waals surface area contributed by atoms with E-state index < -0.39 is 17.4 Å². The summed E-state index contributed by atoms with van der Waals surface area (Å²) in [4.78, 5) is 33.7. The molecular formula is C11H15ClN4O4. The fourth-order valence-electron chi connectivity index (χ4n) is 1.48. The lowest BCUT2D eigenvalue weighted by Crippen LogP contribution is -2.30. The van der Waals surface area contributed by atoms with Crippen molar-refractivity contribution in [2.24, 2.45) is 5.73 Å². The Kier molecular flexibility index (Phi) is 5.51. The third-order valence-corrected chi connectivity index (χ3v) is 2.77. The smallest absolute Gasteiger partial charge is 0.327 e. The molecule has 0 aromatic carbocycles. The highest BCUT2D eigenvalue weighted by atomic mass is 35.5. The number of rotatable bonds is 6. The Morgan fingerprint density at radius 1 is 1.60 bits per heavy atom. The molecule has 1 heterocycles. The predicted octanol–water partition coefficient (Wildman–Crippen LogP) is -0.254. The number of ether oxygens (including phenoxy) is 1. The first kappa shape index (κ1) is 16.0. The zero-order chi connectivity index (χ0) is 15.3. The highest BCUT2D eigenvalue weighted by Gasteiger charge is 2.14. The molecule has 1 amide bonds. The van der Waals surface area contributed by atoms with Crippen molar-refractivity contribution < 1.29 is 14.3 Å². The van der Waals surface area contributed by atoms with E-state index in [2.05, 4.69) is 15.2 Å². The Morgan fingerprint density at radius 2 is 2.25 bits per heavy atom. The van der Waals surface area contributed by atoms with Crippen molar-refractivity contribution in [2.45, 2.75) is 25.9 Å². The van der Waals surface area contributed by atoms with Gasteiger partial charge in [0.25, 0.3) is 5.56 Å². The Labute approximate surface area is 119 Å². The average molecular weight is 303 g/mol. The van der Waals surface area contributed by atoms with Gasteiger partial charge in [0.2, 0.25) is 5.91 Å². The highest BCUT2D eigenvalue weighted by molar-refractivity contribution is 6.32. The van der Waals surface area contributed by atoms with Gasteiger partial charge in [0.15, 0.2) is 0 Å². The fraction of sp³-hybridized carbons (Fsp3) is 0.455. The van der Waals surface area contributed by atoms with Crippen LogP contribution < -0.4 is 16.6 Å². The van der Waals surface area contributed by atoms with Crippen molar-refractivity contribution in [3.8, 4) is 0 Å². The molecule has 1 rings (SSSR count). The summed E-state index contributed by atoms with van der Waals surface area (Å²) in [5.74, 6) is -1.09. The molecule has 0 bridgehead atoms. The van der Waals surface area contributed by atoms with Gasteiger partial charge < -0.3 is 15.8 Å². The lowest BCUT2D eigenvalue weighted by atomic mass is 10.2. The minimum Gasteiger partial charge on any atom is -0.468 e. The molecule has 3 N–H and O–H groups in total. The number of carbonyl (C=O) groups excluding carboxylic acids is 2. The largest absolute Gasteiger partial charge is 0.468 e. The number of primary amides is 1. The highest BCUT2D eigenvalue weighted by Crippen LogP contribution is 2.16. The summed E-state index contributed by atoms with van der Waals surface area (Å²) in [5.41, 5.74) is 4.70. The molecule has 1 unspecified atom stereocenters. The van der Waals surface area contributed by atoms with Crippen molar-refractivity contribution in [1.29, 1.82) is 0 Å². The molecule has 20 heavy (non-hydrogen) atoms. The van der Waals surface area contributed by atoms with Crippen LogP contribution in [0.15, 0.2) is 11.0 Å².